The number of halogens is 1. The first-order valence-electron chi connectivity index (χ1n) is 9.35. The van der Waals surface area contributed by atoms with Crippen molar-refractivity contribution in [1.29, 1.82) is 0 Å². The molecule has 0 unspecified atom stereocenters. The summed E-state index contributed by atoms with van der Waals surface area (Å²) in [6, 6.07) is 9.11. The van der Waals surface area contributed by atoms with E-state index in [4.69, 9.17) is 21.1 Å². The zero-order chi connectivity index (χ0) is 21.9. The monoisotopic (exact) mass is 451 g/mol. The first kappa shape index (κ1) is 22.4. The third-order valence-electron chi connectivity index (χ3n) is 4.92. The highest BCUT2D eigenvalue weighted by Gasteiger charge is 2.29. The van der Waals surface area contributed by atoms with Crippen molar-refractivity contribution in [3.63, 3.8) is 0 Å². The van der Waals surface area contributed by atoms with Crippen molar-refractivity contribution in [3.8, 4) is 0 Å². The van der Waals surface area contributed by atoms with Crippen LogP contribution in [0.5, 0.6) is 0 Å². The van der Waals surface area contributed by atoms with Crippen LogP contribution in [0.4, 0.5) is 0 Å². The number of morpholine rings is 1. The average Bonchev–Trinajstić information content (AvgIpc) is 2.74. The smallest absolute Gasteiger partial charge is 0.338 e. The highest BCUT2D eigenvalue weighted by atomic mass is 35.5. The number of benzene rings is 2. The Balaban J connectivity index is 1.74. The maximum Gasteiger partial charge on any atom is 0.338 e. The Morgan fingerprint density at radius 1 is 1.03 bits per heavy atom. The second-order valence-corrected chi connectivity index (χ2v) is 9.27. The van der Waals surface area contributed by atoms with Crippen LogP contribution < -0.4 is 0 Å². The molecule has 0 saturated carbocycles. The summed E-state index contributed by atoms with van der Waals surface area (Å²) in [5.74, 6) is -1.15. The van der Waals surface area contributed by atoms with Gasteiger partial charge in [-0.1, -0.05) is 23.7 Å². The summed E-state index contributed by atoms with van der Waals surface area (Å²) in [6.45, 7) is 4.37. The van der Waals surface area contributed by atoms with Gasteiger partial charge in [-0.25, -0.2) is 13.2 Å². The van der Waals surface area contributed by atoms with E-state index in [1.807, 2.05) is 19.9 Å². The summed E-state index contributed by atoms with van der Waals surface area (Å²) in [6.07, 6.45) is 0. The molecular formula is C21H22ClNO6S. The van der Waals surface area contributed by atoms with Gasteiger partial charge < -0.3 is 9.47 Å². The van der Waals surface area contributed by atoms with Gasteiger partial charge in [0.15, 0.2) is 12.4 Å². The zero-order valence-corrected chi connectivity index (χ0v) is 18.3. The molecule has 2 aromatic carbocycles. The molecule has 0 aromatic heterocycles. The van der Waals surface area contributed by atoms with Gasteiger partial charge in [-0.2, -0.15) is 4.31 Å². The molecule has 0 spiro atoms. The fraction of sp³-hybridized carbons (Fsp3) is 0.333. The number of ketones is 1. The minimum atomic E-state index is -3.89. The van der Waals surface area contributed by atoms with Crippen LogP contribution in [0.2, 0.25) is 5.02 Å². The van der Waals surface area contributed by atoms with Gasteiger partial charge in [-0.15, -0.1) is 0 Å². The van der Waals surface area contributed by atoms with E-state index in [1.54, 1.807) is 12.1 Å². The number of carbonyl (C=O) groups excluding carboxylic acids is 2. The van der Waals surface area contributed by atoms with E-state index in [9.17, 15) is 18.0 Å². The maximum atomic E-state index is 12.9. The van der Waals surface area contributed by atoms with Crippen LogP contribution in [0.15, 0.2) is 41.3 Å². The fourth-order valence-corrected chi connectivity index (χ4v) is 4.88. The molecule has 0 atom stereocenters. The Bertz CT molecular complexity index is 1080. The number of hydrogen-bond donors (Lipinski definition) is 0. The molecule has 0 aliphatic carbocycles. The van der Waals surface area contributed by atoms with E-state index in [1.165, 1.54) is 22.5 Å². The van der Waals surface area contributed by atoms with E-state index >= 15 is 0 Å². The quantitative estimate of drug-likeness (QED) is 0.495. The Morgan fingerprint density at radius 3 is 2.37 bits per heavy atom. The van der Waals surface area contributed by atoms with Crippen LogP contribution in [-0.4, -0.2) is 57.4 Å². The van der Waals surface area contributed by atoms with E-state index < -0.39 is 22.6 Å². The topological polar surface area (TPSA) is 90.0 Å². The molecule has 30 heavy (non-hydrogen) atoms. The Labute approximate surface area is 180 Å². The number of esters is 1. The van der Waals surface area contributed by atoms with Crippen LogP contribution in [0.25, 0.3) is 0 Å². The molecule has 2 aromatic rings. The van der Waals surface area contributed by atoms with Crippen LogP contribution in [0.1, 0.15) is 31.8 Å². The van der Waals surface area contributed by atoms with Gasteiger partial charge in [-0.3, -0.25) is 4.79 Å². The van der Waals surface area contributed by atoms with Crippen molar-refractivity contribution in [2.75, 3.05) is 32.9 Å². The van der Waals surface area contributed by atoms with Gasteiger partial charge in [0.1, 0.15) is 4.90 Å². The molecule has 0 N–H and O–H groups in total. The third kappa shape index (κ3) is 4.89. The van der Waals surface area contributed by atoms with Gasteiger partial charge in [-0.05, 0) is 49.2 Å². The molecular weight excluding hydrogens is 430 g/mol. The predicted octanol–water partition coefficient (Wildman–Crippen LogP) is 3.02. The van der Waals surface area contributed by atoms with Crippen molar-refractivity contribution >= 4 is 33.4 Å². The molecule has 1 saturated heterocycles. The first-order chi connectivity index (χ1) is 14.2. The normalized spacial score (nSPS) is 15.0. The summed E-state index contributed by atoms with van der Waals surface area (Å²) in [4.78, 5) is 24.6. The van der Waals surface area contributed by atoms with E-state index in [-0.39, 0.29) is 34.4 Å². The molecule has 1 heterocycles. The van der Waals surface area contributed by atoms with Crippen LogP contribution in [0.3, 0.4) is 0 Å². The largest absolute Gasteiger partial charge is 0.454 e. The number of rotatable bonds is 6. The highest BCUT2D eigenvalue weighted by molar-refractivity contribution is 7.89. The highest BCUT2D eigenvalue weighted by Crippen LogP contribution is 2.27. The lowest BCUT2D eigenvalue weighted by atomic mass is 10.0. The summed E-state index contributed by atoms with van der Waals surface area (Å²) < 4.78 is 37.3. The number of carbonyl (C=O) groups is 2. The molecule has 3 rings (SSSR count). The minimum Gasteiger partial charge on any atom is -0.454 e. The van der Waals surface area contributed by atoms with Crippen LogP contribution >= 0.6 is 11.6 Å². The second-order valence-electron chi connectivity index (χ2n) is 6.96. The van der Waals surface area contributed by atoms with Gasteiger partial charge >= 0.3 is 5.97 Å². The van der Waals surface area contributed by atoms with Crippen LogP contribution in [-0.2, 0) is 19.5 Å². The molecule has 1 aliphatic rings. The lowest BCUT2D eigenvalue weighted by molar-refractivity contribution is 0.0474. The van der Waals surface area contributed by atoms with Crippen molar-refractivity contribution in [2.45, 2.75) is 18.7 Å². The van der Waals surface area contributed by atoms with E-state index in [2.05, 4.69) is 0 Å². The summed E-state index contributed by atoms with van der Waals surface area (Å²) in [5, 5.41) is 0.00393. The van der Waals surface area contributed by atoms with Crippen molar-refractivity contribution in [3.05, 3.63) is 63.7 Å². The minimum absolute atomic E-state index is 0.000814. The van der Waals surface area contributed by atoms with Crippen molar-refractivity contribution < 1.29 is 27.5 Å². The number of sulfonamides is 1. The summed E-state index contributed by atoms with van der Waals surface area (Å²) in [7, 11) is -3.89. The number of ether oxygens (including phenoxy) is 2. The van der Waals surface area contributed by atoms with Gasteiger partial charge in [0.25, 0.3) is 0 Å². The number of aryl methyl sites for hydroxylation is 2. The lowest BCUT2D eigenvalue weighted by Gasteiger charge is -2.26. The third-order valence-corrected chi connectivity index (χ3v) is 7.30. The Kier molecular flexibility index (Phi) is 6.92. The SMILES string of the molecule is Cc1ccc(C(=O)COC(=O)c2ccc(Cl)c(S(=O)(=O)N3CCOCC3)c2)cc1C. The average molecular weight is 452 g/mol. The molecule has 1 aliphatic heterocycles. The summed E-state index contributed by atoms with van der Waals surface area (Å²) >= 11 is 6.10. The van der Waals surface area contributed by atoms with Gasteiger partial charge in [0, 0.05) is 18.7 Å². The lowest BCUT2D eigenvalue weighted by Crippen LogP contribution is -2.40. The number of Topliss-reactive ketones (excluding diaryl/α,β-unsaturated/α-hetero) is 1. The number of nitrogens with zero attached hydrogens (tertiary/aromatic N) is 1. The van der Waals surface area contributed by atoms with Crippen molar-refractivity contribution in [2.24, 2.45) is 0 Å². The molecule has 7 nitrogen and oxygen atoms in total. The number of hydrogen-bond acceptors (Lipinski definition) is 6. The summed E-state index contributed by atoms with van der Waals surface area (Å²) in [5.41, 5.74) is 2.46. The molecule has 0 radical (unpaired) electrons. The Morgan fingerprint density at radius 2 is 1.70 bits per heavy atom. The zero-order valence-electron chi connectivity index (χ0n) is 16.7. The standard InChI is InChI=1S/C21H22ClNO6S/c1-14-3-4-16(11-15(14)2)19(24)13-29-21(25)17-5-6-18(22)20(12-17)30(26,27)23-7-9-28-10-8-23/h3-6,11-12H,7-10,13H2,1-2H3. The molecule has 9 heteroatoms. The Hall–Kier alpha value is -2.26. The second kappa shape index (κ2) is 9.26. The molecule has 1 fully saturated rings. The van der Waals surface area contributed by atoms with Gasteiger partial charge in [0.05, 0.1) is 23.8 Å². The predicted molar refractivity (Wildman–Crippen MR) is 112 cm³/mol. The van der Waals surface area contributed by atoms with Crippen molar-refractivity contribution in [1.82, 2.24) is 4.31 Å². The fourth-order valence-electron chi connectivity index (χ4n) is 2.97. The van der Waals surface area contributed by atoms with E-state index in [0.29, 0.717) is 18.8 Å². The molecule has 0 bridgehead atoms. The van der Waals surface area contributed by atoms with Gasteiger partial charge in [0.2, 0.25) is 10.0 Å². The first-order valence-corrected chi connectivity index (χ1v) is 11.2. The maximum absolute atomic E-state index is 12.9. The molecule has 160 valence electrons. The molecule has 0 amide bonds. The van der Waals surface area contributed by atoms with Crippen LogP contribution in [0, 0.1) is 13.8 Å². The van der Waals surface area contributed by atoms with E-state index in [0.717, 1.165) is 11.1 Å².